The third kappa shape index (κ3) is 6.94. The molecule has 1 amide bonds. The number of hydrogen-bond acceptors (Lipinski definition) is 3. The second kappa shape index (κ2) is 10.9. The summed E-state index contributed by atoms with van der Waals surface area (Å²) in [6, 6.07) is 10.6. The van der Waals surface area contributed by atoms with Crippen LogP contribution in [0, 0.1) is 29.4 Å². The molecule has 0 aliphatic carbocycles. The van der Waals surface area contributed by atoms with Gasteiger partial charge in [0.05, 0.1) is 5.56 Å². The maximum Gasteiger partial charge on any atom is 0.338 e. The Morgan fingerprint density at radius 2 is 1.37 bits per heavy atom. The molecule has 0 saturated carbocycles. The normalized spacial score (nSPS) is 13.2. The number of rotatable bonds is 9. The van der Waals surface area contributed by atoms with Crippen LogP contribution < -0.4 is 5.32 Å². The van der Waals surface area contributed by atoms with Crippen LogP contribution in [0.2, 0.25) is 0 Å². The molecule has 0 aromatic heterocycles. The number of carbonyl (C=O) groups excluding carboxylic acids is 2. The van der Waals surface area contributed by atoms with E-state index in [-0.39, 0.29) is 29.2 Å². The smallest absolute Gasteiger partial charge is 0.338 e. The third-order valence-electron chi connectivity index (χ3n) is 4.98. The summed E-state index contributed by atoms with van der Waals surface area (Å²) in [6.45, 7) is 8.39. The summed E-state index contributed by atoms with van der Waals surface area (Å²) in [4.78, 5) is 25.0. The predicted molar refractivity (Wildman–Crippen MR) is 112 cm³/mol. The zero-order valence-electron chi connectivity index (χ0n) is 17.8. The molecule has 6 heteroatoms. The lowest BCUT2D eigenvalue weighted by Crippen LogP contribution is -2.40. The highest BCUT2D eigenvalue weighted by Crippen LogP contribution is 2.25. The summed E-state index contributed by atoms with van der Waals surface area (Å²) in [7, 11) is 0. The van der Waals surface area contributed by atoms with Gasteiger partial charge in [-0.3, -0.25) is 4.79 Å². The lowest BCUT2D eigenvalue weighted by molar-refractivity contribution is -0.000613. The van der Waals surface area contributed by atoms with Crippen LogP contribution >= 0.6 is 0 Å². The highest BCUT2D eigenvalue weighted by Gasteiger charge is 2.29. The number of amides is 1. The fourth-order valence-corrected chi connectivity index (χ4v) is 3.28. The summed E-state index contributed by atoms with van der Waals surface area (Å²) in [5, 5.41) is 2.87. The van der Waals surface area contributed by atoms with Crippen molar-refractivity contribution < 1.29 is 23.1 Å². The molecule has 2 aromatic rings. The number of hydrogen-bond donors (Lipinski definition) is 1. The molecule has 0 saturated heterocycles. The molecule has 1 N–H and O–H groups in total. The summed E-state index contributed by atoms with van der Waals surface area (Å²) in [6.07, 6.45) is 0.207. The first-order chi connectivity index (χ1) is 14.2. The first-order valence-corrected chi connectivity index (χ1v) is 10.2. The van der Waals surface area contributed by atoms with Crippen LogP contribution in [0.25, 0.3) is 0 Å². The number of nitrogens with one attached hydrogen (secondary N) is 1. The van der Waals surface area contributed by atoms with Gasteiger partial charge in [0.1, 0.15) is 17.7 Å². The van der Waals surface area contributed by atoms with Gasteiger partial charge < -0.3 is 10.1 Å². The van der Waals surface area contributed by atoms with Gasteiger partial charge in [-0.15, -0.1) is 0 Å². The molecule has 2 aromatic carbocycles. The van der Waals surface area contributed by atoms with E-state index in [2.05, 4.69) is 5.32 Å². The quantitative estimate of drug-likeness (QED) is 0.568. The van der Waals surface area contributed by atoms with Gasteiger partial charge in [0, 0.05) is 18.0 Å². The molecule has 0 aliphatic rings. The summed E-state index contributed by atoms with van der Waals surface area (Å²) < 4.78 is 32.0. The monoisotopic (exact) mass is 417 g/mol. The minimum absolute atomic E-state index is 0.124. The van der Waals surface area contributed by atoms with Crippen LogP contribution in [-0.4, -0.2) is 24.5 Å². The lowest BCUT2D eigenvalue weighted by atomic mass is 9.85. The van der Waals surface area contributed by atoms with Crippen molar-refractivity contribution in [2.45, 2.75) is 40.2 Å². The molecule has 0 aliphatic heterocycles. The van der Waals surface area contributed by atoms with E-state index in [9.17, 15) is 18.4 Å². The Labute approximate surface area is 176 Å². The van der Waals surface area contributed by atoms with E-state index in [0.717, 1.165) is 0 Å². The molecule has 0 radical (unpaired) electrons. The van der Waals surface area contributed by atoms with Gasteiger partial charge in [0.25, 0.3) is 5.91 Å². The molecule has 0 bridgehead atoms. The molecule has 30 heavy (non-hydrogen) atoms. The van der Waals surface area contributed by atoms with Gasteiger partial charge in [-0.2, -0.15) is 0 Å². The van der Waals surface area contributed by atoms with E-state index in [1.54, 1.807) is 0 Å². The van der Waals surface area contributed by atoms with E-state index in [1.807, 2.05) is 27.7 Å². The SMILES string of the molecule is CC(C)CC(OC(=O)c1ccc(F)cc1)C(CNC(=O)c1ccc(F)cc1)C(C)C. The second-order valence-corrected chi connectivity index (χ2v) is 8.20. The summed E-state index contributed by atoms with van der Waals surface area (Å²) >= 11 is 0. The van der Waals surface area contributed by atoms with Crippen molar-refractivity contribution in [3.8, 4) is 0 Å². The average Bonchev–Trinajstić information content (AvgIpc) is 2.68. The standard InChI is InChI=1S/C24H29F2NO3/c1-15(2)13-22(30-24(29)18-7-11-20(26)12-8-18)21(16(3)4)14-27-23(28)17-5-9-19(25)10-6-17/h5-12,15-16,21-22H,13-14H2,1-4H3,(H,27,28). The van der Waals surface area contributed by atoms with Gasteiger partial charge in [-0.05, 0) is 66.8 Å². The minimum atomic E-state index is -0.517. The van der Waals surface area contributed by atoms with Crippen LogP contribution in [-0.2, 0) is 4.74 Å². The predicted octanol–water partition coefficient (Wildman–Crippen LogP) is 5.24. The summed E-state index contributed by atoms with van der Waals surface area (Å²) in [5.41, 5.74) is 0.644. The van der Waals surface area contributed by atoms with Crippen molar-refractivity contribution in [3.63, 3.8) is 0 Å². The van der Waals surface area contributed by atoms with E-state index < -0.39 is 23.7 Å². The van der Waals surface area contributed by atoms with E-state index in [0.29, 0.717) is 18.5 Å². The molecule has 0 heterocycles. The number of carbonyl (C=O) groups is 2. The van der Waals surface area contributed by atoms with Crippen LogP contribution in [0.1, 0.15) is 54.8 Å². The van der Waals surface area contributed by atoms with Crippen molar-refractivity contribution >= 4 is 11.9 Å². The molecule has 4 nitrogen and oxygen atoms in total. The van der Waals surface area contributed by atoms with Crippen molar-refractivity contribution in [2.75, 3.05) is 6.54 Å². The van der Waals surface area contributed by atoms with Gasteiger partial charge in [-0.1, -0.05) is 27.7 Å². The second-order valence-electron chi connectivity index (χ2n) is 8.20. The van der Waals surface area contributed by atoms with Crippen LogP contribution in [0.5, 0.6) is 0 Å². The van der Waals surface area contributed by atoms with Crippen LogP contribution in [0.4, 0.5) is 8.78 Å². The molecule has 0 fully saturated rings. The molecule has 0 spiro atoms. The fraction of sp³-hybridized carbons (Fsp3) is 0.417. The van der Waals surface area contributed by atoms with Crippen molar-refractivity contribution in [2.24, 2.45) is 17.8 Å². The van der Waals surface area contributed by atoms with Crippen molar-refractivity contribution in [3.05, 3.63) is 71.3 Å². The van der Waals surface area contributed by atoms with Gasteiger partial charge in [-0.25, -0.2) is 13.6 Å². The summed E-state index contributed by atoms with van der Waals surface area (Å²) in [5.74, 6) is -1.38. The maximum absolute atomic E-state index is 13.1. The zero-order chi connectivity index (χ0) is 22.3. The first kappa shape index (κ1) is 23.5. The minimum Gasteiger partial charge on any atom is -0.458 e. The lowest BCUT2D eigenvalue weighted by Gasteiger charge is -2.31. The molecule has 2 atom stereocenters. The molecule has 162 valence electrons. The van der Waals surface area contributed by atoms with Crippen molar-refractivity contribution in [1.82, 2.24) is 5.32 Å². The first-order valence-electron chi connectivity index (χ1n) is 10.2. The average molecular weight is 417 g/mol. The maximum atomic E-state index is 13.1. The third-order valence-corrected chi connectivity index (χ3v) is 4.98. The fourth-order valence-electron chi connectivity index (χ4n) is 3.28. The van der Waals surface area contributed by atoms with Crippen molar-refractivity contribution in [1.29, 1.82) is 0 Å². The zero-order valence-corrected chi connectivity index (χ0v) is 17.8. The van der Waals surface area contributed by atoms with Gasteiger partial charge in [0.15, 0.2) is 0 Å². The molecule has 2 unspecified atom stereocenters. The van der Waals surface area contributed by atoms with Crippen LogP contribution in [0.15, 0.2) is 48.5 Å². The Balaban J connectivity index is 2.11. The van der Waals surface area contributed by atoms with E-state index >= 15 is 0 Å². The number of benzene rings is 2. The Hall–Kier alpha value is -2.76. The van der Waals surface area contributed by atoms with Gasteiger partial charge in [0.2, 0.25) is 0 Å². The molecular weight excluding hydrogens is 388 g/mol. The molecular formula is C24H29F2NO3. The van der Waals surface area contributed by atoms with Crippen LogP contribution in [0.3, 0.4) is 0 Å². The largest absolute Gasteiger partial charge is 0.458 e. The highest BCUT2D eigenvalue weighted by atomic mass is 19.1. The Kier molecular flexibility index (Phi) is 8.51. The highest BCUT2D eigenvalue weighted by molar-refractivity contribution is 5.94. The Morgan fingerprint density at radius 1 is 0.867 bits per heavy atom. The number of ether oxygens (including phenoxy) is 1. The Morgan fingerprint density at radius 3 is 1.83 bits per heavy atom. The van der Waals surface area contributed by atoms with Gasteiger partial charge >= 0.3 is 5.97 Å². The topological polar surface area (TPSA) is 55.4 Å². The van der Waals surface area contributed by atoms with E-state index in [1.165, 1.54) is 48.5 Å². The molecule has 2 rings (SSSR count). The Bertz CT molecular complexity index is 833. The number of halogens is 2. The number of esters is 1. The van der Waals surface area contributed by atoms with E-state index in [4.69, 9.17) is 4.74 Å².